The van der Waals surface area contributed by atoms with E-state index in [-0.39, 0.29) is 12.6 Å². The van der Waals surface area contributed by atoms with Crippen LogP contribution in [0.1, 0.15) is 20.8 Å². The van der Waals surface area contributed by atoms with Crippen LogP contribution in [0.2, 0.25) is 0 Å². The van der Waals surface area contributed by atoms with Crippen molar-refractivity contribution in [3.8, 4) is 0 Å². The summed E-state index contributed by atoms with van der Waals surface area (Å²) in [5.41, 5.74) is -0.553. The Morgan fingerprint density at radius 1 is 1.19 bits per heavy atom. The molecular formula is C17H25F2N3O4S. The number of sulfonamides is 1. The first-order chi connectivity index (χ1) is 12.5. The van der Waals surface area contributed by atoms with E-state index >= 15 is 0 Å². The molecule has 10 heteroatoms. The van der Waals surface area contributed by atoms with Crippen LogP contribution in [-0.4, -0.2) is 69.2 Å². The average molecular weight is 405 g/mol. The summed E-state index contributed by atoms with van der Waals surface area (Å²) in [4.78, 5) is 15.0. The SMILES string of the molecule is CC(C)(C)OC(=O)N1CCN(CCNS(=O)(=O)c2ccc(F)cc2F)CC1. The molecule has 0 aliphatic carbocycles. The van der Waals surface area contributed by atoms with Gasteiger partial charge in [0.15, 0.2) is 0 Å². The lowest BCUT2D eigenvalue weighted by molar-refractivity contribution is 0.0147. The number of ether oxygens (including phenoxy) is 1. The molecule has 1 aliphatic rings. The summed E-state index contributed by atoms with van der Waals surface area (Å²) in [7, 11) is -4.06. The highest BCUT2D eigenvalue weighted by Crippen LogP contribution is 2.15. The lowest BCUT2D eigenvalue weighted by Crippen LogP contribution is -2.51. The molecule has 1 fully saturated rings. The quantitative estimate of drug-likeness (QED) is 0.808. The van der Waals surface area contributed by atoms with Crippen LogP contribution < -0.4 is 4.72 Å². The lowest BCUT2D eigenvalue weighted by atomic mass is 10.2. The number of nitrogens with zero attached hydrogens (tertiary/aromatic N) is 2. The van der Waals surface area contributed by atoms with E-state index in [0.29, 0.717) is 38.8 Å². The molecule has 1 aromatic carbocycles. The third kappa shape index (κ3) is 6.40. The molecule has 1 aliphatic heterocycles. The summed E-state index contributed by atoms with van der Waals surface area (Å²) >= 11 is 0. The van der Waals surface area contributed by atoms with Crippen molar-refractivity contribution in [3.63, 3.8) is 0 Å². The molecule has 0 spiro atoms. The minimum atomic E-state index is -4.06. The fourth-order valence-electron chi connectivity index (χ4n) is 2.59. The number of hydrogen-bond acceptors (Lipinski definition) is 5. The number of nitrogens with one attached hydrogen (secondary N) is 1. The predicted molar refractivity (Wildman–Crippen MR) is 95.8 cm³/mol. The van der Waals surface area contributed by atoms with Crippen LogP contribution >= 0.6 is 0 Å². The highest BCUT2D eigenvalue weighted by molar-refractivity contribution is 7.89. The van der Waals surface area contributed by atoms with Crippen LogP contribution in [0.25, 0.3) is 0 Å². The standard InChI is InChI=1S/C17H25F2N3O4S/c1-17(2,3)26-16(23)22-10-8-21(9-11-22)7-6-20-27(24,25)15-5-4-13(18)12-14(15)19/h4-5,12,20H,6-11H2,1-3H3. The molecule has 0 bridgehead atoms. The first kappa shape index (κ1) is 21.5. The number of benzene rings is 1. The topological polar surface area (TPSA) is 79.0 Å². The summed E-state index contributed by atoms with van der Waals surface area (Å²) in [6.45, 7) is 8.00. The van der Waals surface area contributed by atoms with Crippen molar-refractivity contribution in [1.29, 1.82) is 0 Å². The molecule has 152 valence electrons. The zero-order valence-electron chi connectivity index (χ0n) is 15.7. The van der Waals surface area contributed by atoms with Gasteiger partial charge in [-0.3, -0.25) is 4.90 Å². The van der Waals surface area contributed by atoms with Gasteiger partial charge in [0, 0.05) is 45.3 Å². The molecule has 0 radical (unpaired) electrons. The minimum Gasteiger partial charge on any atom is -0.444 e. The molecule has 0 aromatic heterocycles. The Hall–Kier alpha value is -1.78. The summed E-state index contributed by atoms with van der Waals surface area (Å²) in [6.07, 6.45) is -0.366. The average Bonchev–Trinajstić information content (AvgIpc) is 2.53. The van der Waals surface area contributed by atoms with Crippen LogP contribution in [0.4, 0.5) is 13.6 Å². The van der Waals surface area contributed by atoms with Crippen LogP contribution in [0.15, 0.2) is 23.1 Å². The Morgan fingerprint density at radius 3 is 2.37 bits per heavy atom. The summed E-state index contributed by atoms with van der Waals surface area (Å²) in [5, 5.41) is 0. The molecule has 0 saturated carbocycles. The second-order valence-corrected chi connectivity index (χ2v) is 9.02. The van der Waals surface area contributed by atoms with E-state index < -0.39 is 32.2 Å². The molecule has 0 unspecified atom stereocenters. The third-order valence-corrected chi connectivity index (χ3v) is 5.42. The molecule has 1 saturated heterocycles. The molecule has 0 atom stereocenters. The number of piperazine rings is 1. The van der Waals surface area contributed by atoms with E-state index in [2.05, 4.69) is 4.72 Å². The Balaban J connectivity index is 1.79. The number of carbonyl (C=O) groups excluding carboxylic acids is 1. The van der Waals surface area contributed by atoms with Crippen LogP contribution in [0, 0.1) is 11.6 Å². The zero-order chi connectivity index (χ0) is 20.2. The summed E-state index contributed by atoms with van der Waals surface area (Å²) in [5.74, 6) is -1.97. The Kier molecular flexibility index (Phi) is 6.77. The van der Waals surface area contributed by atoms with Gasteiger partial charge in [0.25, 0.3) is 0 Å². The minimum absolute atomic E-state index is 0.0750. The first-order valence-electron chi connectivity index (χ1n) is 8.63. The molecule has 7 nitrogen and oxygen atoms in total. The van der Waals surface area contributed by atoms with Crippen molar-refractivity contribution in [1.82, 2.24) is 14.5 Å². The first-order valence-corrected chi connectivity index (χ1v) is 10.1. The van der Waals surface area contributed by atoms with Crippen molar-refractivity contribution >= 4 is 16.1 Å². The van der Waals surface area contributed by atoms with Crippen molar-refractivity contribution in [2.75, 3.05) is 39.3 Å². The predicted octanol–water partition coefficient (Wildman–Crippen LogP) is 1.80. The van der Waals surface area contributed by atoms with Crippen molar-refractivity contribution in [3.05, 3.63) is 29.8 Å². The van der Waals surface area contributed by atoms with Gasteiger partial charge in [-0.2, -0.15) is 0 Å². The second kappa shape index (κ2) is 8.49. The van der Waals surface area contributed by atoms with Gasteiger partial charge < -0.3 is 9.64 Å². The maximum Gasteiger partial charge on any atom is 0.410 e. The summed E-state index contributed by atoms with van der Waals surface area (Å²) in [6, 6.07) is 2.32. The molecule has 1 heterocycles. The fourth-order valence-corrected chi connectivity index (χ4v) is 3.67. The highest BCUT2D eigenvalue weighted by atomic mass is 32.2. The monoisotopic (exact) mass is 405 g/mol. The maximum absolute atomic E-state index is 13.6. The smallest absolute Gasteiger partial charge is 0.410 e. The molecular weight excluding hydrogens is 380 g/mol. The van der Waals surface area contributed by atoms with E-state index in [4.69, 9.17) is 4.74 Å². The van der Waals surface area contributed by atoms with Gasteiger partial charge in [-0.05, 0) is 32.9 Å². The third-order valence-electron chi connectivity index (χ3n) is 3.93. The molecule has 27 heavy (non-hydrogen) atoms. The number of halogens is 2. The number of amides is 1. The Labute approximate surface area is 158 Å². The van der Waals surface area contributed by atoms with E-state index in [9.17, 15) is 22.0 Å². The van der Waals surface area contributed by atoms with Gasteiger partial charge in [0.2, 0.25) is 10.0 Å². The van der Waals surface area contributed by atoms with Gasteiger partial charge in [-0.25, -0.2) is 26.7 Å². The summed E-state index contributed by atoms with van der Waals surface area (Å²) < 4.78 is 58.4. The van der Waals surface area contributed by atoms with Gasteiger partial charge in [-0.15, -0.1) is 0 Å². The van der Waals surface area contributed by atoms with Crippen molar-refractivity contribution in [2.45, 2.75) is 31.3 Å². The molecule has 1 aromatic rings. The van der Waals surface area contributed by atoms with Crippen LogP contribution in [-0.2, 0) is 14.8 Å². The van der Waals surface area contributed by atoms with E-state index in [0.717, 1.165) is 12.1 Å². The molecule has 2 rings (SSSR count). The normalized spacial score (nSPS) is 16.4. The van der Waals surface area contributed by atoms with Crippen LogP contribution in [0.3, 0.4) is 0 Å². The number of hydrogen-bond donors (Lipinski definition) is 1. The Morgan fingerprint density at radius 2 is 1.81 bits per heavy atom. The van der Waals surface area contributed by atoms with Crippen LogP contribution in [0.5, 0.6) is 0 Å². The second-order valence-electron chi connectivity index (χ2n) is 7.28. The van der Waals surface area contributed by atoms with E-state index in [1.165, 1.54) is 0 Å². The van der Waals surface area contributed by atoms with Gasteiger partial charge in [0.1, 0.15) is 22.1 Å². The molecule has 1 amide bonds. The van der Waals surface area contributed by atoms with Gasteiger partial charge >= 0.3 is 6.09 Å². The highest BCUT2D eigenvalue weighted by Gasteiger charge is 2.26. The van der Waals surface area contributed by atoms with E-state index in [1.54, 1.807) is 25.7 Å². The Bertz CT molecular complexity index is 773. The number of carbonyl (C=O) groups is 1. The van der Waals surface area contributed by atoms with Crippen molar-refractivity contribution in [2.24, 2.45) is 0 Å². The van der Waals surface area contributed by atoms with Gasteiger partial charge in [-0.1, -0.05) is 0 Å². The zero-order valence-corrected chi connectivity index (χ0v) is 16.5. The lowest BCUT2D eigenvalue weighted by Gasteiger charge is -2.35. The van der Waals surface area contributed by atoms with Crippen molar-refractivity contribution < 1.29 is 26.7 Å². The fraction of sp³-hybridized carbons (Fsp3) is 0.588. The number of rotatable bonds is 5. The largest absolute Gasteiger partial charge is 0.444 e. The maximum atomic E-state index is 13.6. The van der Waals surface area contributed by atoms with E-state index in [1.807, 2.05) is 4.90 Å². The van der Waals surface area contributed by atoms with Gasteiger partial charge in [0.05, 0.1) is 0 Å². The molecule has 1 N–H and O–H groups in total.